The van der Waals surface area contributed by atoms with Crippen LogP contribution in [0.25, 0.3) is 22.3 Å². The van der Waals surface area contributed by atoms with Gasteiger partial charge in [0, 0.05) is 42.0 Å². The minimum absolute atomic E-state index is 0.00416. The van der Waals surface area contributed by atoms with Gasteiger partial charge >= 0.3 is 12.1 Å². The Labute approximate surface area is 396 Å². The summed E-state index contributed by atoms with van der Waals surface area (Å²) >= 11 is 0. The van der Waals surface area contributed by atoms with Crippen LogP contribution in [0.5, 0.6) is 0 Å². The Morgan fingerprint density at radius 1 is 1.01 bits per heavy atom. The summed E-state index contributed by atoms with van der Waals surface area (Å²) < 4.78 is 27.3. The summed E-state index contributed by atoms with van der Waals surface area (Å²) in [5.41, 5.74) is 6.92. The number of nitrogens with two attached hydrogens (primary N) is 1. The lowest BCUT2D eigenvalue weighted by molar-refractivity contribution is -0.172. The van der Waals surface area contributed by atoms with E-state index in [-0.39, 0.29) is 68.8 Å². The van der Waals surface area contributed by atoms with Crippen LogP contribution in [0.15, 0.2) is 47.3 Å². The summed E-state index contributed by atoms with van der Waals surface area (Å²) in [5.74, 6) is -4.43. The number of carbonyl (C=O) groups excluding carboxylic acids is 7. The average molecular weight is 953 g/mol. The number of rotatable bonds is 17. The molecule has 7 rings (SSSR count). The van der Waals surface area contributed by atoms with Crippen molar-refractivity contribution >= 4 is 52.5 Å². The molecule has 4 aromatic rings. The number of carbonyl (C=O) groups is 7. The minimum Gasteiger partial charge on any atom is -0.458 e. The van der Waals surface area contributed by atoms with E-state index in [2.05, 4.69) is 21.3 Å². The second-order valence-electron chi connectivity index (χ2n) is 18.6. The number of pyridine rings is 2. The fourth-order valence-corrected chi connectivity index (χ4v) is 9.23. The zero-order chi connectivity index (χ0) is 49.9. The van der Waals surface area contributed by atoms with Gasteiger partial charge in [0.25, 0.3) is 5.56 Å². The summed E-state index contributed by atoms with van der Waals surface area (Å²) in [7, 11) is 0. The topological polar surface area (TPSA) is 270 Å². The SMILES string of the molecule is CC[C@@]1(O)C(=O)OCc2c1cc1n(c2=O)Cc2c-1nc1cc(F)c(C)c3c1c2[C@@H](NC(=O)CCCCN(CC(N)=O)C(=O)[C@H](Cc1ccccc1)NC(=O)CNC(=O)CNC(=O)OC(C)(C)C)CC3. The molecule has 4 heterocycles. The Bertz CT molecular complexity index is 2810. The molecule has 6 amide bonds. The largest absolute Gasteiger partial charge is 0.458 e. The van der Waals surface area contributed by atoms with Crippen molar-refractivity contribution in [1.82, 2.24) is 35.7 Å². The number of esters is 1. The number of benzene rings is 2. The van der Waals surface area contributed by atoms with Crippen LogP contribution in [0, 0.1) is 12.7 Å². The van der Waals surface area contributed by atoms with Gasteiger partial charge in [-0.15, -0.1) is 0 Å². The van der Waals surface area contributed by atoms with E-state index < -0.39 is 90.0 Å². The number of amides is 6. The summed E-state index contributed by atoms with van der Waals surface area (Å²) in [4.78, 5) is 110. The lowest BCUT2D eigenvalue weighted by Gasteiger charge is -2.31. The normalized spacial score (nSPS) is 17.1. The summed E-state index contributed by atoms with van der Waals surface area (Å²) in [6.45, 7) is 6.61. The minimum atomic E-state index is -2.04. The predicted octanol–water partition coefficient (Wildman–Crippen LogP) is 2.48. The molecule has 69 heavy (non-hydrogen) atoms. The monoisotopic (exact) mass is 952 g/mol. The highest BCUT2D eigenvalue weighted by Crippen LogP contribution is 2.46. The molecule has 7 N–H and O–H groups in total. The van der Waals surface area contributed by atoms with Gasteiger partial charge in [0.15, 0.2) is 5.60 Å². The number of unbranched alkanes of at least 4 members (excludes halogenated alkanes) is 1. The molecule has 0 bridgehead atoms. The van der Waals surface area contributed by atoms with Gasteiger partial charge in [0.05, 0.1) is 48.1 Å². The van der Waals surface area contributed by atoms with E-state index in [1.165, 1.54) is 15.5 Å². The first-order valence-corrected chi connectivity index (χ1v) is 22.9. The molecule has 366 valence electrons. The average Bonchev–Trinajstić information content (AvgIpc) is 3.67. The van der Waals surface area contributed by atoms with Crippen molar-refractivity contribution in [3.05, 3.63) is 97.6 Å². The van der Waals surface area contributed by atoms with Crippen LogP contribution in [0.4, 0.5) is 9.18 Å². The maximum absolute atomic E-state index is 15.4. The zero-order valence-corrected chi connectivity index (χ0v) is 39.2. The van der Waals surface area contributed by atoms with Gasteiger partial charge in [0.2, 0.25) is 29.5 Å². The van der Waals surface area contributed by atoms with Crippen LogP contribution >= 0.6 is 0 Å². The van der Waals surface area contributed by atoms with E-state index in [0.717, 1.165) is 5.56 Å². The highest BCUT2D eigenvalue weighted by molar-refractivity contribution is 5.95. The van der Waals surface area contributed by atoms with Crippen molar-refractivity contribution in [2.24, 2.45) is 5.73 Å². The zero-order valence-electron chi connectivity index (χ0n) is 39.2. The fraction of sp³-hybridized carbons (Fsp3) is 0.449. The van der Waals surface area contributed by atoms with Crippen molar-refractivity contribution in [1.29, 1.82) is 0 Å². The van der Waals surface area contributed by atoms with Gasteiger partial charge in [-0.1, -0.05) is 37.3 Å². The molecule has 0 radical (unpaired) electrons. The standard InChI is InChI=1S/C49H57FN8O11/c1-6-49(67)31-19-36-43-29(23-58(36)44(63)30(31)25-68-46(49)65)42-33(16-15-28-26(2)32(50)20-34(56-43)41(28)42)54-38(60)14-10-11-17-57(24-37(51)59)45(64)35(18-27-12-8-7-9-13-27)55-40(62)22-52-39(61)21-53-47(66)69-48(3,4)5/h7-9,12-13,19-20,33,35,67H,6,10-11,14-18,21-25H2,1-5H3,(H2,51,59)(H,52,61)(H,53,66)(H,54,60)(H,55,62)/t33-,35-,49-/m0/s1. The van der Waals surface area contributed by atoms with Gasteiger partial charge in [-0.3, -0.25) is 28.8 Å². The molecule has 2 aromatic heterocycles. The highest BCUT2D eigenvalue weighted by atomic mass is 19.1. The number of halogens is 1. The first-order valence-electron chi connectivity index (χ1n) is 22.9. The molecule has 0 unspecified atom stereocenters. The van der Waals surface area contributed by atoms with Crippen LogP contribution < -0.4 is 32.6 Å². The van der Waals surface area contributed by atoms with Crippen LogP contribution in [0.1, 0.15) is 105 Å². The van der Waals surface area contributed by atoms with Crippen molar-refractivity contribution in [2.75, 3.05) is 26.2 Å². The van der Waals surface area contributed by atoms with Gasteiger partial charge in [-0.05, 0) is 88.1 Å². The Morgan fingerprint density at radius 2 is 1.74 bits per heavy atom. The third-order valence-electron chi connectivity index (χ3n) is 12.6. The van der Waals surface area contributed by atoms with E-state index in [4.69, 9.17) is 20.2 Å². The third-order valence-corrected chi connectivity index (χ3v) is 12.6. The number of fused-ring (bicyclic) bond motifs is 5. The number of aliphatic hydroxyl groups is 1. The second-order valence-corrected chi connectivity index (χ2v) is 18.6. The fourth-order valence-electron chi connectivity index (χ4n) is 9.23. The molecule has 2 aromatic carbocycles. The molecule has 3 aliphatic rings. The maximum Gasteiger partial charge on any atom is 0.408 e. The van der Waals surface area contributed by atoms with E-state index in [9.17, 15) is 43.5 Å². The van der Waals surface area contributed by atoms with Gasteiger partial charge in [-0.2, -0.15) is 0 Å². The number of nitrogens with one attached hydrogen (secondary N) is 4. The molecule has 0 spiro atoms. The lowest BCUT2D eigenvalue weighted by Crippen LogP contribution is -2.53. The van der Waals surface area contributed by atoms with Crippen LogP contribution in [0.2, 0.25) is 0 Å². The number of alkyl carbamates (subject to hydrolysis) is 1. The molecule has 0 saturated carbocycles. The quantitative estimate of drug-likeness (QED) is 0.0580. The van der Waals surface area contributed by atoms with Crippen molar-refractivity contribution in [3.8, 4) is 11.4 Å². The second kappa shape index (κ2) is 20.2. The van der Waals surface area contributed by atoms with Crippen molar-refractivity contribution in [3.63, 3.8) is 0 Å². The number of hydrogen-bond acceptors (Lipinski definition) is 12. The third kappa shape index (κ3) is 10.7. The molecule has 0 fully saturated rings. The number of ether oxygens (including phenoxy) is 2. The molecule has 1 aliphatic carbocycles. The Hall–Kier alpha value is -7.22. The van der Waals surface area contributed by atoms with Crippen LogP contribution in [0.3, 0.4) is 0 Å². The molecule has 3 atom stereocenters. The summed E-state index contributed by atoms with van der Waals surface area (Å²) in [5, 5.41) is 22.6. The molecular weight excluding hydrogens is 896 g/mol. The number of aryl methyl sites for hydroxylation is 1. The summed E-state index contributed by atoms with van der Waals surface area (Å²) in [6.07, 6.45) is 0.589. The number of aromatic nitrogens is 2. The van der Waals surface area contributed by atoms with Gasteiger partial charge in [-0.25, -0.2) is 19.0 Å². The maximum atomic E-state index is 15.4. The molecule has 0 saturated heterocycles. The Balaban J connectivity index is 1.04. The van der Waals surface area contributed by atoms with E-state index >= 15 is 4.39 Å². The van der Waals surface area contributed by atoms with Gasteiger partial charge < -0.3 is 51.0 Å². The molecule has 20 heteroatoms. The summed E-state index contributed by atoms with van der Waals surface area (Å²) in [6, 6.07) is 10.0. The Morgan fingerprint density at radius 3 is 2.43 bits per heavy atom. The lowest BCUT2D eigenvalue weighted by atomic mass is 9.81. The van der Waals surface area contributed by atoms with Gasteiger partial charge in [0.1, 0.15) is 30.6 Å². The predicted molar refractivity (Wildman–Crippen MR) is 247 cm³/mol. The number of cyclic esters (lactones) is 1. The van der Waals surface area contributed by atoms with E-state index in [1.54, 1.807) is 71.0 Å². The van der Waals surface area contributed by atoms with E-state index in [0.29, 0.717) is 57.4 Å². The molecule has 2 aliphatic heterocycles. The van der Waals surface area contributed by atoms with Crippen LogP contribution in [-0.2, 0) is 69.8 Å². The number of nitrogens with zero attached hydrogens (tertiary/aromatic N) is 3. The van der Waals surface area contributed by atoms with Crippen LogP contribution in [-0.4, -0.2) is 99.0 Å². The van der Waals surface area contributed by atoms with Crippen molar-refractivity contribution < 1.29 is 52.5 Å². The molecular formula is C49H57FN8O11. The highest BCUT2D eigenvalue weighted by Gasteiger charge is 2.46. The smallest absolute Gasteiger partial charge is 0.408 e. The first kappa shape index (κ1) is 49.7. The van der Waals surface area contributed by atoms with Crippen molar-refractivity contribution in [2.45, 2.75) is 116 Å². The number of primary amides is 1. The first-order chi connectivity index (χ1) is 32.7. The number of hydrogen-bond donors (Lipinski definition) is 6. The Kier molecular flexibility index (Phi) is 14.5. The van der Waals surface area contributed by atoms with E-state index in [1.807, 2.05) is 0 Å². The molecule has 19 nitrogen and oxygen atoms in total.